The molecule has 0 saturated carbocycles. The Balaban J connectivity index is 1.70. The minimum Gasteiger partial charge on any atom is -0.496 e. The van der Waals surface area contributed by atoms with E-state index in [0.29, 0.717) is 12.1 Å². The predicted molar refractivity (Wildman–Crippen MR) is 103 cm³/mol. The maximum Gasteiger partial charge on any atom is 0.259 e. The number of aromatic nitrogens is 1. The van der Waals surface area contributed by atoms with Gasteiger partial charge in [-0.3, -0.25) is 9.78 Å². The maximum absolute atomic E-state index is 13.2. The van der Waals surface area contributed by atoms with Crippen LogP contribution in [0.3, 0.4) is 0 Å². The molecular formula is C22H20N2O2. The Kier molecular flexibility index (Phi) is 4.40. The van der Waals surface area contributed by atoms with Gasteiger partial charge in [-0.15, -0.1) is 0 Å². The largest absolute Gasteiger partial charge is 0.496 e. The van der Waals surface area contributed by atoms with Crippen molar-refractivity contribution in [1.29, 1.82) is 0 Å². The van der Waals surface area contributed by atoms with E-state index in [4.69, 9.17) is 4.74 Å². The lowest BCUT2D eigenvalue weighted by Gasteiger charge is -2.30. The van der Waals surface area contributed by atoms with Gasteiger partial charge in [0, 0.05) is 30.1 Å². The Morgan fingerprint density at radius 2 is 1.88 bits per heavy atom. The summed E-state index contributed by atoms with van der Waals surface area (Å²) in [6.07, 6.45) is 5.28. The molecule has 4 heteroatoms. The summed E-state index contributed by atoms with van der Waals surface area (Å²) < 4.78 is 5.47. The van der Waals surface area contributed by atoms with Gasteiger partial charge in [-0.2, -0.15) is 0 Å². The van der Waals surface area contributed by atoms with Crippen molar-refractivity contribution in [3.8, 4) is 16.9 Å². The smallest absolute Gasteiger partial charge is 0.259 e. The molecule has 1 aliphatic rings. The summed E-state index contributed by atoms with van der Waals surface area (Å²) in [5.74, 6) is 0.820. The van der Waals surface area contributed by atoms with Crippen molar-refractivity contribution < 1.29 is 9.53 Å². The lowest BCUT2D eigenvalue weighted by Crippen LogP contribution is -2.35. The van der Waals surface area contributed by atoms with Crippen molar-refractivity contribution in [2.75, 3.05) is 18.6 Å². The van der Waals surface area contributed by atoms with Gasteiger partial charge in [-0.1, -0.05) is 36.4 Å². The lowest BCUT2D eigenvalue weighted by atomic mass is 9.99. The molecule has 2 heterocycles. The van der Waals surface area contributed by atoms with Crippen LogP contribution in [0.5, 0.6) is 5.75 Å². The second kappa shape index (κ2) is 7.00. The van der Waals surface area contributed by atoms with Crippen LogP contribution in [0.2, 0.25) is 0 Å². The summed E-state index contributed by atoms with van der Waals surface area (Å²) >= 11 is 0. The van der Waals surface area contributed by atoms with Crippen molar-refractivity contribution >= 4 is 11.6 Å². The molecule has 0 fully saturated rings. The molecule has 130 valence electrons. The fourth-order valence-electron chi connectivity index (χ4n) is 3.50. The van der Waals surface area contributed by atoms with Crippen LogP contribution in [0.1, 0.15) is 22.3 Å². The SMILES string of the molecule is COc1cccc2c1CCCN2C(=O)c1cncc(-c2ccccc2)c1. The molecule has 1 aliphatic heterocycles. The number of fused-ring (bicyclic) bond motifs is 1. The van der Waals surface area contributed by atoms with Crippen molar-refractivity contribution in [3.63, 3.8) is 0 Å². The van der Waals surface area contributed by atoms with Crippen LogP contribution in [0.4, 0.5) is 5.69 Å². The molecule has 0 atom stereocenters. The van der Waals surface area contributed by atoms with Gasteiger partial charge in [0.15, 0.2) is 0 Å². The van der Waals surface area contributed by atoms with Gasteiger partial charge in [0.25, 0.3) is 5.91 Å². The zero-order chi connectivity index (χ0) is 17.9. The average molecular weight is 344 g/mol. The molecule has 0 unspecified atom stereocenters. The van der Waals surface area contributed by atoms with Crippen LogP contribution in [-0.2, 0) is 6.42 Å². The van der Waals surface area contributed by atoms with Crippen LogP contribution in [-0.4, -0.2) is 24.5 Å². The van der Waals surface area contributed by atoms with Gasteiger partial charge < -0.3 is 9.64 Å². The number of pyridine rings is 1. The van der Waals surface area contributed by atoms with E-state index in [1.807, 2.05) is 59.5 Å². The number of carbonyl (C=O) groups is 1. The molecular weight excluding hydrogens is 324 g/mol. The minimum absolute atomic E-state index is 0.0236. The molecule has 0 saturated heterocycles. The zero-order valence-electron chi connectivity index (χ0n) is 14.7. The Hall–Kier alpha value is -3.14. The summed E-state index contributed by atoms with van der Waals surface area (Å²) in [7, 11) is 1.67. The molecule has 0 bridgehead atoms. The summed E-state index contributed by atoms with van der Waals surface area (Å²) in [6, 6.07) is 17.8. The first-order chi connectivity index (χ1) is 12.8. The Bertz CT molecular complexity index is 938. The molecule has 0 N–H and O–H groups in total. The average Bonchev–Trinajstić information content (AvgIpc) is 2.73. The van der Waals surface area contributed by atoms with Crippen molar-refractivity contribution in [2.45, 2.75) is 12.8 Å². The topological polar surface area (TPSA) is 42.4 Å². The third-order valence-corrected chi connectivity index (χ3v) is 4.76. The highest BCUT2D eigenvalue weighted by molar-refractivity contribution is 6.07. The fourth-order valence-corrected chi connectivity index (χ4v) is 3.50. The van der Waals surface area contributed by atoms with Crippen LogP contribution in [0.15, 0.2) is 67.0 Å². The van der Waals surface area contributed by atoms with E-state index in [-0.39, 0.29) is 5.91 Å². The molecule has 1 aromatic heterocycles. The van der Waals surface area contributed by atoms with Crippen molar-refractivity contribution in [3.05, 3.63) is 78.1 Å². The summed E-state index contributed by atoms with van der Waals surface area (Å²) in [4.78, 5) is 19.3. The number of amides is 1. The Morgan fingerprint density at radius 1 is 1.04 bits per heavy atom. The van der Waals surface area contributed by atoms with E-state index in [1.165, 1.54) is 0 Å². The lowest BCUT2D eigenvalue weighted by molar-refractivity contribution is 0.0984. The minimum atomic E-state index is -0.0236. The molecule has 2 aromatic carbocycles. The molecule has 0 aliphatic carbocycles. The maximum atomic E-state index is 13.2. The van der Waals surface area contributed by atoms with Crippen LogP contribution < -0.4 is 9.64 Å². The van der Waals surface area contributed by atoms with Gasteiger partial charge in [0.05, 0.1) is 18.4 Å². The van der Waals surface area contributed by atoms with Gasteiger partial charge in [-0.25, -0.2) is 0 Å². The quantitative estimate of drug-likeness (QED) is 0.709. The molecule has 4 nitrogen and oxygen atoms in total. The van der Waals surface area contributed by atoms with Crippen molar-refractivity contribution in [1.82, 2.24) is 4.98 Å². The molecule has 0 radical (unpaired) electrons. The molecule has 3 aromatic rings. The second-order valence-corrected chi connectivity index (χ2v) is 6.35. The number of benzene rings is 2. The van der Waals surface area contributed by atoms with E-state index in [9.17, 15) is 4.79 Å². The van der Waals surface area contributed by atoms with E-state index < -0.39 is 0 Å². The summed E-state index contributed by atoms with van der Waals surface area (Å²) in [5, 5.41) is 0. The van der Waals surface area contributed by atoms with E-state index in [0.717, 1.165) is 41.0 Å². The van der Waals surface area contributed by atoms with Crippen LogP contribution in [0.25, 0.3) is 11.1 Å². The van der Waals surface area contributed by atoms with E-state index >= 15 is 0 Å². The number of rotatable bonds is 3. The zero-order valence-corrected chi connectivity index (χ0v) is 14.7. The first kappa shape index (κ1) is 16.3. The highest BCUT2D eigenvalue weighted by Gasteiger charge is 2.26. The fraction of sp³-hybridized carbons (Fsp3) is 0.182. The normalized spacial score (nSPS) is 13.2. The van der Waals surface area contributed by atoms with Crippen LogP contribution >= 0.6 is 0 Å². The van der Waals surface area contributed by atoms with Crippen LogP contribution in [0, 0.1) is 0 Å². The summed E-state index contributed by atoms with van der Waals surface area (Å²) in [6.45, 7) is 0.703. The number of nitrogens with zero attached hydrogens (tertiary/aromatic N) is 2. The third-order valence-electron chi connectivity index (χ3n) is 4.76. The number of carbonyl (C=O) groups excluding carboxylic acids is 1. The van der Waals surface area contributed by atoms with Gasteiger partial charge in [0.2, 0.25) is 0 Å². The Morgan fingerprint density at radius 3 is 2.69 bits per heavy atom. The standard InChI is InChI=1S/C22H20N2O2/c1-26-21-11-5-10-20-19(21)9-6-12-24(20)22(25)18-13-17(14-23-15-18)16-7-3-2-4-8-16/h2-5,7-8,10-11,13-15H,6,9,12H2,1H3. The predicted octanol–water partition coefficient (Wildman–Crippen LogP) is 4.35. The first-order valence-electron chi connectivity index (χ1n) is 8.76. The molecule has 4 rings (SSSR count). The van der Waals surface area contributed by atoms with Gasteiger partial charge in [-0.05, 0) is 36.6 Å². The highest BCUT2D eigenvalue weighted by Crippen LogP contribution is 2.35. The number of anilines is 1. The molecule has 26 heavy (non-hydrogen) atoms. The van der Waals surface area contributed by atoms with E-state index in [2.05, 4.69) is 4.98 Å². The van der Waals surface area contributed by atoms with Gasteiger partial charge >= 0.3 is 0 Å². The number of ether oxygens (including phenoxy) is 1. The first-order valence-corrected chi connectivity index (χ1v) is 8.76. The Labute approximate surface area is 153 Å². The van der Waals surface area contributed by atoms with Crippen molar-refractivity contribution in [2.24, 2.45) is 0 Å². The van der Waals surface area contributed by atoms with E-state index in [1.54, 1.807) is 19.5 Å². The third kappa shape index (κ3) is 2.94. The number of methoxy groups -OCH3 is 1. The monoisotopic (exact) mass is 344 g/mol. The van der Waals surface area contributed by atoms with Gasteiger partial charge in [0.1, 0.15) is 5.75 Å². The molecule has 1 amide bonds. The summed E-state index contributed by atoms with van der Waals surface area (Å²) in [5.41, 5.74) is 4.63. The highest BCUT2D eigenvalue weighted by atomic mass is 16.5. The number of hydrogen-bond acceptors (Lipinski definition) is 3. The second-order valence-electron chi connectivity index (χ2n) is 6.35. The molecule has 0 spiro atoms. The number of hydrogen-bond donors (Lipinski definition) is 0.